The van der Waals surface area contributed by atoms with Gasteiger partial charge in [0, 0.05) is 6.42 Å². The summed E-state index contributed by atoms with van der Waals surface area (Å²) in [6, 6.07) is 6.20. The molecule has 1 N–H and O–H groups in total. The average molecular weight is 234 g/mol. The Labute approximate surface area is 101 Å². The van der Waals surface area contributed by atoms with Gasteiger partial charge in [0.05, 0.1) is 6.61 Å². The standard InChI is InChI=1S/C14H18O3/c1-2-17-14(16)13(15)9-10-6-7-11-4-3-5-12(11)8-10/h6-8,13,15H,2-5,9H2,1H3. The lowest BCUT2D eigenvalue weighted by atomic mass is 10.0. The highest BCUT2D eigenvalue weighted by Crippen LogP contribution is 2.23. The summed E-state index contributed by atoms with van der Waals surface area (Å²) in [5, 5.41) is 9.68. The average Bonchev–Trinajstić information content (AvgIpc) is 2.76. The highest BCUT2D eigenvalue weighted by molar-refractivity contribution is 5.74. The van der Waals surface area contributed by atoms with Gasteiger partial charge < -0.3 is 9.84 Å². The number of esters is 1. The third-order valence-corrected chi connectivity index (χ3v) is 3.15. The van der Waals surface area contributed by atoms with Crippen LogP contribution in [0.25, 0.3) is 0 Å². The summed E-state index contributed by atoms with van der Waals surface area (Å²) in [5.41, 5.74) is 3.77. The quantitative estimate of drug-likeness (QED) is 0.806. The lowest BCUT2D eigenvalue weighted by molar-refractivity contribution is -0.152. The number of rotatable bonds is 4. The normalized spacial score (nSPS) is 15.4. The fraction of sp³-hybridized carbons (Fsp3) is 0.500. The number of benzene rings is 1. The number of ether oxygens (including phenoxy) is 1. The molecule has 0 bridgehead atoms. The third kappa shape index (κ3) is 2.86. The summed E-state index contributed by atoms with van der Waals surface area (Å²) in [7, 11) is 0. The van der Waals surface area contributed by atoms with Crippen molar-refractivity contribution < 1.29 is 14.6 Å². The molecule has 1 aromatic carbocycles. The van der Waals surface area contributed by atoms with Crippen LogP contribution in [0.2, 0.25) is 0 Å². The van der Waals surface area contributed by atoms with Crippen molar-refractivity contribution in [1.82, 2.24) is 0 Å². The third-order valence-electron chi connectivity index (χ3n) is 3.15. The van der Waals surface area contributed by atoms with Gasteiger partial charge in [0.1, 0.15) is 0 Å². The van der Waals surface area contributed by atoms with Crippen LogP contribution in [-0.2, 0) is 28.8 Å². The van der Waals surface area contributed by atoms with E-state index in [0.717, 1.165) is 18.4 Å². The Hall–Kier alpha value is -1.35. The molecule has 0 radical (unpaired) electrons. The van der Waals surface area contributed by atoms with Crippen LogP contribution in [-0.4, -0.2) is 23.8 Å². The van der Waals surface area contributed by atoms with E-state index in [2.05, 4.69) is 12.1 Å². The topological polar surface area (TPSA) is 46.5 Å². The van der Waals surface area contributed by atoms with Crippen LogP contribution in [0, 0.1) is 0 Å². The van der Waals surface area contributed by atoms with Gasteiger partial charge in [-0.2, -0.15) is 0 Å². The maximum Gasteiger partial charge on any atom is 0.335 e. The highest BCUT2D eigenvalue weighted by Gasteiger charge is 2.18. The monoisotopic (exact) mass is 234 g/mol. The molecule has 3 nitrogen and oxygen atoms in total. The molecule has 0 fully saturated rings. The van der Waals surface area contributed by atoms with Gasteiger partial charge >= 0.3 is 5.97 Å². The molecule has 2 rings (SSSR count). The van der Waals surface area contributed by atoms with Crippen LogP contribution < -0.4 is 0 Å². The van der Waals surface area contributed by atoms with E-state index in [9.17, 15) is 9.90 Å². The van der Waals surface area contributed by atoms with Gasteiger partial charge in [0.15, 0.2) is 6.10 Å². The van der Waals surface area contributed by atoms with Gasteiger partial charge in [0.2, 0.25) is 0 Å². The van der Waals surface area contributed by atoms with E-state index in [1.165, 1.54) is 17.5 Å². The van der Waals surface area contributed by atoms with Crippen LogP contribution in [0.1, 0.15) is 30.0 Å². The minimum Gasteiger partial charge on any atom is -0.464 e. The second-order valence-electron chi connectivity index (χ2n) is 4.43. The first kappa shape index (κ1) is 12.1. The fourth-order valence-electron chi connectivity index (χ4n) is 2.30. The van der Waals surface area contributed by atoms with Crippen LogP contribution in [0.5, 0.6) is 0 Å². The molecule has 1 atom stereocenters. The van der Waals surface area contributed by atoms with E-state index in [0.29, 0.717) is 13.0 Å². The molecular formula is C14H18O3. The van der Waals surface area contributed by atoms with Gasteiger partial charge in [-0.15, -0.1) is 0 Å². The second-order valence-corrected chi connectivity index (χ2v) is 4.43. The largest absolute Gasteiger partial charge is 0.464 e. The molecule has 0 amide bonds. The zero-order valence-electron chi connectivity index (χ0n) is 10.1. The minimum atomic E-state index is -1.05. The van der Waals surface area contributed by atoms with Crippen molar-refractivity contribution in [2.75, 3.05) is 6.61 Å². The number of fused-ring (bicyclic) bond motifs is 1. The molecule has 3 heteroatoms. The Morgan fingerprint density at radius 2 is 2.18 bits per heavy atom. The summed E-state index contributed by atoms with van der Waals surface area (Å²) in [6.07, 6.45) is 2.76. The van der Waals surface area contributed by atoms with E-state index in [-0.39, 0.29) is 0 Å². The first-order valence-corrected chi connectivity index (χ1v) is 6.16. The Kier molecular flexibility index (Phi) is 3.79. The van der Waals surface area contributed by atoms with Crippen molar-refractivity contribution in [2.45, 2.75) is 38.7 Å². The molecule has 17 heavy (non-hydrogen) atoms. The summed E-state index contributed by atoms with van der Waals surface area (Å²) in [6.45, 7) is 2.04. The van der Waals surface area contributed by atoms with Crippen molar-refractivity contribution in [1.29, 1.82) is 0 Å². The zero-order chi connectivity index (χ0) is 12.3. The second kappa shape index (κ2) is 5.32. The van der Waals surface area contributed by atoms with Crippen molar-refractivity contribution in [3.05, 3.63) is 34.9 Å². The van der Waals surface area contributed by atoms with Crippen molar-refractivity contribution in [3.63, 3.8) is 0 Å². The molecule has 92 valence electrons. The Balaban J connectivity index is 2.01. The van der Waals surface area contributed by atoms with E-state index >= 15 is 0 Å². The van der Waals surface area contributed by atoms with Crippen LogP contribution in [0.4, 0.5) is 0 Å². The SMILES string of the molecule is CCOC(=O)C(O)Cc1ccc2c(c1)CCC2. The van der Waals surface area contributed by atoms with Gasteiger partial charge in [-0.25, -0.2) is 4.79 Å². The fourth-order valence-corrected chi connectivity index (χ4v) is 2.30. The molecule has 1 aliphatic rings. The lowest BCUT2D eigenvalue weighted by Gasteiger charge is -2.10. The number of aryl methyl sites for hydroxylation is 2. The molecule has 0 aliphatic heterocycles. The molecule has 0 saturated heterocycles. The molecule has 1 aliphatic carbocycles. The minimum absolute atomic E-state index is 0.306. The van der Waals surface area contributed by atoms with Gasteiger partial charge in [-0.05, 0) is 42.9 Å². The number of hydrogen-bond donors (Lipinski definition) is 1. The molecular weight excluding hydrogens is 216 g/mol. The predicted octanol–water partition coefficient (Wildman–Crippen LogP) is 1.64. The predicted molar refractivity (Wildman–Crippen MR) is 64.8 cm³/mol. The van der Waals surface area contributed by atoms with Crippen LogP contribution in [0.3, 0.4) is 0 Å². The molecule has 0 spiro atoms. The van der Waals surface area contributed by atoms with E-state index in [1.54, 1.807) is 6.92 Å². The number of hydrogen-bond acceptors (Lipinski definition) is 3. The Morgan fingerprint density at radius 3 is 2.94 bits per heavy atom. The first-order valence-electron chi connectivity index (χ1n) is 6.16. The van der Waals surface area contributed by atoms with E-state index in [1.807, 2.05) is 6.07 Å². The lowest BCUT2D eigenvalue weighted by Crippen LogP contribution is -2.25. The molecule has 1 aromatic rings. The summed E-state index contributed by atoms with van der Waals surface area (Å²) < 4.78 is 4.78. The van der Waals surface area contributed by atoms with Crippen molar-refractivity contribution >= 4 is 5.97 Å². The molecule has 1 unspecified atom stereocenters. The maximum absolute atomic E-state index is 11.3. The molecule has 0 aromatic heterocycles. The van der Waals surface area contributed by atoms with E-state index in [4.69, 9.17) is 4.74 Å². The van der Waals surface area contributed by atoms with Crippen LogP contribution >= 0.6 is 0 Å². The highest BCUT2D eigenvalue weighted by atomic mass is 16.5. The number of carbonyl (C=O) groups is 1. The van der Waals surface area contributed by atoms with Gasteiger partial charge in [0.25, 0.3) is 0 Å². The summed E-state index contributed by atoms with van der Waals surface area (Å²) in [5.74, 6) is -0.534. The number of aliphatic hydroxyl groups is 1. The molecule has 0 saturated carbocycles. The Bertz CT molecular complexity index is 412. The van der Waals surface area contributed by atoms with Crippen molar-refractivity contribution in [3.8, 4) is 0 Å². The summed E-state index contributed by atoms with van der Waals surface area (Å²) >= 11 is 0. The molecule has 0 heterocycles. The number of carbonyl (C=O) groups excluding carboxylic acids is 1. The van der Waals surface area contributed by atoms with E-state index < -0.39 is 12.1 Å². The smallest absolute Gasteiger partial charge is 0.335 e. The maximum atomic E-state index is 11.3. The van der Waals surface area contributed by atoms with Gasteiger partial charge in [-0.1, -0.05) is 18.2 Å². The summed E-state index contributed by atoms with van der Waals surface area (Å²) in [4.78, 5) is 11.3. The van der Waals surface area contributed by atoms with Crippen LogP contribution in [0.15, 0.2) is 18.2 Å². The van der Waals surface area contributed by atoms with Crippen molar-refractivity contribution in [2.24, 2.45) is 0 Å². The van der Waals surface area contributed by atoms with Gasteiger partial charge in [-0.3, -0.25) is 0 Å². The number of aliphatic hydroxyl groups excluding tert-OH is 1. The first-order chi connectivity index (χ1) is 8.20. The zero-order valence-corrected chi connectivity index (χ0v) is 10.1. The Morgan fingerprint density at radius 1 is 1.41 bits per heavy atom.